The largest absolute Gasteiger partial charge is 0.314 e. The van der Waals surface area contributed by atoms with Crippen LogP contribution in [0.25, 0.3) is 0 Å². The summed E-state index contributed by atoms with van der Waals surface area (Å²) in [5.74, 6) is 0. The average molecular weight is 310 g/mol. The minimum atomic E-state index is -3.36. The molecule has 0 bridgehead atoms. The van der Waals surface area contributed by atoms with Gasteiger partial charge in [-0.2, -0.15) is 17.0 Å². The normalized spacial score (nSPS) is 18.4. The summed E-state index contributed by atoms with van der Waals surface area (Å²) >= 11 is 7.25. The van der Waals surface area contributed by atoms with Gasteiger partial charge in [0, 0.05) is 44.6 Å². The van der Waals surface area contributed by atoms with Crippen LogP contribution in [0.15, 0.2) is 12.1 Å². The van der Waals surface area contributed by atoms with Gasteiger partial charge in [-0.1, -0.05) is 11.6 Å². The topological polar surface area (TPSA) is 52.7 Å². The van der Waals surface area contributed by atoms with Gasteiger partial charge in [0.1, 0.15) is 0 Å². The van der Waals surface area contributed by atoms with E-state index in [9.17, 15) is 8.42 Å². The Morgan fingerprint density at radius 1 is 1.44 bits per heavy atom. The summed E-state index contributed by atoms with van der Waals surface area (Å²) in [5, 5.41) is 3.14. The van der Waals surface area contributed by atoms with Gasteiger partial charge in [0.05, 0.1) is 4.34 Å². The number of rotatable bonds is 4. The van der Waals surface area contributed by atoms with Gasteiger partial charge in [0.25, 0.3) is 10.2 Å². The van der Waals surface area contributed by atoms with Crippen molar-refractivity contribution in [2.24, 2.45) is 0 Å². The molecule has 0 aromatic carbocycles. The summed E-state index contributed by atoms with van der Waals surface area (Å²) in [6, 6.07) is 3.64. The first-order valence-electron chi connectivity index (χ1n) is 5.66. The molecule has 0 amide bonds. The van der Waals surface area contributed by atoms with Crippen molar-refractivity contribution in [2.45, 2.75) is 6.54 Å². The maximum Gasteiger partial charge on any atom is 0.282 e. The molecule has 1 aromatic rings. The van der Waals surface area contributed by atoms with Gasteiger partial charge in [0.2, 0.25) is 0 Å². The molecule has 0 spiro atoms. The van der Waals surface area contributed by atoms with Crippen LogP contribution in [0.2, 0.25) is 4.34 Å². The summed E-state index contributed by atoms with van der Waals surface area (Å²) in [4.78, 5) is 0.946. The quantitative estimate of drug-likeness (QED) is 0.902. The lowest BCUT2D eigenvalue weighted by Gasteiger charge is -2.30. The highest BCUT2D eigenvalue weighted by molar-refractivity contribution is 7.86. The molecule has 0 aliphatic carbocycles. The molecule has 1 fully saturated rings. The van der Waals surface area contributed by atoms with E-state index in [-0.39, 0.29) is 0 Å². The van der Waals surface area contributed by atoms with Crippen molar-refractivity contribution in [3.8, 4) is 0 Å². The average Bonchev–Trinajstić information content (AvgIpc) is 2.76. The summed E-state index contributed by atoms with van der Waals surface area (Å²) < 4.78 is 28.2. The van der Waals surface area contributed by atoms with E-state index in [1.807, 2.05) is 6.07 Å². The summed E-state index contributed by atoms with van der Waals surface area (Å²) in [7, 11) is -1.76. The molecule has 102 valence electrons. The monoisotopic (exact) mass is 309 g/mol. The Labute approximate surface area is 117 Å². The zero-order chi connectivity index (χ0) is 13.2. The fourth-order valence-corrected chi connectivity index (χ4v) is 4.37. The van der Waals surface area contributed by atoms with E-state index in [2.05, 4.69) is 5.32 Å². The summed E-state index contributed by atoms with van der Waals surface area (Å²) in [5.41, 5.74) is 0. The lowest BCUT2D eigenvalue weighted by atomic mass is 10.4. The zero-order valence-electron chi connectivity index (χ0n) is 10.1. The van der Waals surface area contributed by atoms with Crippen molar-refractivity contribution in [3.05, 3.63) is 21.3 Å². The Hall–Kier alpha value is -0.180. The molecule has 8 heteroatoms. The van der Waals surface area contributed by atoms with Gasteiger partial charge in [-0.05, 0) is 12.1 Å². The van der Waals surface area contributed by atoms with E-state index in [1.54, 1.807) is 13.1 Å². The SMILES string of the molecule is CN(Cc1ccc(Cl)s1)S(=O)(=O)N1CCNCC1. The lowest BCUT2D eigenvalue weighted by Crippen LogP contribution is -2.50. The molecule has 1 saturated heterocycles. The van der Waals surface area contributed by atoms with Crippen LogP contribution in [0.5, 0.6) is 0 Å². The van der Waals surface area contributed by atoms with E-state index in [1.165, 1.54) is 19.9 Å². The van der Waals surface area contributed by atoms with Crippen LogP contribution < -0.4 is 5.32 Å². The van der Waals surface area contributed by atoms with Gasteiger partial charge in [0.15, 0.2) is 0 Å². The Kier molecular flexibility index (Phi) is 4.63. The number of nitrogens with zero attached hydrogens (tertiary/aromatic N) is 2. The van der Waals surface area contributed by atoms with Crippen LogP contribution in [-0.2, 0) is 16.8 Å². The second-order valence-electron chi connectivity index (χ2n) is 4.12. The Bertz CT molecular complexity index is 497. The number of hydrogen-bond donors (Lipinski definition) is 1. The number of piperazine rings is 1. The molecule has 1 aliphatic rings. The predicted octanol–water partition coefficient (Wildman–Crippen LogP) is 0.983. The van der Waals surface area contributed by atoms with Crippen LogP contribution >= 0.6 is 22.9 Å². The minimum Gasteiger partial charge on any atom is -0.314 e. The highest BCUT2D eigenvalue weighted by Crippen LogP contribution is 2.23. The molecule has 18 heavy (non-hydrogen) atoms. The van der Waals surface area contributed by atoms with Gasteiger partial charge in [-0.25, -0.2) is 0 Å². The summed E-state index contributed by atoms with van der Waals surface area (Å²) in [6.07, 6.45) is 0. The Morgan fingerprint density at radius 2 is 2.11 bits per heavy atom. The second-order valence-corrected chi connectivity index (χ2v) is 7.95. The van der Waals surface area contributed by atoms with Crippen LogP contribution in [0, 0.1) is 0 Å². The van der Waals surface area contributed by atoms with Crippen molar-refractivity contribution in [3.63, 3.8) is 0 Å². The fourth-order valence-electron chi connectivity index (χ4n) is 1.81. The van der Waals surface area contributed by atoms with Crippen molar-refractivity contribution < 1.29 is 8.42 Å². The lowest BCUT2D eigenvalue weighted by molar-refractivity contribution is 0.325. The first-order chi connectivity index (χ1) is 8.50. The molecule has 0 unspecified atom stereocenters. The number of halogens is 1. The van der Waals surface area contributed by atoms with E-state index < -0.39 is 10.2 Å². The van der Waals surface area contributed by atoms with Crippen molar-refractivity contribution in [1.29, 1.82) is 0 Å². The first-order valence-corrected chi connectivity index (χ1v) is 8.25. The third-order valence-electron chi connectivity index (χ3n) is 2.80. The third kappa shape index (κ3) is 3.23. The molecular weight excluding hydrogens is 294 g/mol. The molecule has 1 aliphatic heterocycles. The van der Waals surface area contributed by atoms with E-state index in [4.69, 9.17) is 11.6 Å². The second kappa shape index (κ2) is 5.85. The zero-order valence-corrected chi connectivity index (χ0v) is 12.5. The minimum absolute atomic E-state index is 0.365. The molecular formula is C10H16ClN3O2S2. The van der Waals surface area contributed by atoms with Crippen LogP contribution in [-0.4, -0.2) is 50.3 Å². The maximum absolute atomic E-state index is 12.3. The highest BCUT2D eigenvalue weighted by atomic mass is 35.5. The van der Waals surface area contributed by atoms with Crippen molar-refractivity contribution in [1.82, 2.24) is 13.9 Å². The predicted molar refractivity (Wildman–Crippen MR) is 74.2 cm³/mol. The van der Waals surface area contributed by atoms with Crippen molar-refractivity contribution >= 4 is 33.1 Å². The van der Waals surface area contributed by atoms with E-state index in [0.717, 1.165) is 4.88 Å². The number of hydrogen-bond acceptors (Lipinski definition) is 4. The smallest absolute Gasteiger partial charge is 0.282 e. The summed E-state index contributed by atoms with van der Waals surface area (Å²) in [6.45, 7) is 2.83. The van der Waals surface area contributed by atoms with Gasteiger partial charge in [-0.15, -0.1) is 11.3 Å². The molecule has 2 heterocycles. The van der Waals surface area contributed by atoms with Crippen LogP contribution in [0.1, 0.15) is 4.88 Å². The number of thiophene rings is 1. The van der Waals surface area contributed by atoms with Crippen LogP contribution in [0.4, 0.5) is 0 Å². The number of nitrogens with one attached hydrogen (secondary N) is 1. The maximum atomic E-state index is 12.3. The van der Waals surface area contributed by atoms with E-state index >= 15 is 0 Å². The molecule has 1 N–H and O–H groups in total. The van der Waals surface area contributed by atoms with Crippen LogP contribution in [0.3, 0.4) is 0 Å². The molecule has 5 nitrogen and oxygen atoms in total. The van der Waals surface area contributed by atoms with Gasteiger partial charge >= 0.3 is 0 Å². The third-order valence-corrected chi connectivity index (χ3v) is 5.95. The molecule has 0 radical (unpaired) electrons. The highest BCUT2D eigenvalue weighted by Gasteiger charge is 2.28. The molecule has 0 atom stereocenters. The standard InChI is InChI=1S/C10H16ClN3O2S2/c1-13(8-9-2-3-10(11)17-9)18(15,16)14-6-4-12-5-7-14/h2-3,12H,4-8H2,1H3. The Balaban J connectivity index is 2.04. The van der Waals surface area contributed by atoms with Crippen molar-refractivity contribution in [2.75, 3.05) is 33.2 Å². The Morgan fingerprint density at radius 3 is 2.67 bits per heavy atom. The molecule has 2 rings (SSSR count). The molecule has 1 aromatic heterocycles. The molecule has 0 saturated carbocycles. The fraction of sp³-hybridized carbons (Fsp3) is 0.600. The van der Waals surface area contributed by atoms with Gasteiger partial charge in [-0.3, -0.25) is 0 Å². The van der Waals surface area contributed by atoms with E-state index in [0.29, 0.717) is 37.1 Å². The van der Waals surface area contributed by atoms with Gasteiger partial charge < -0.3 is 5.32 Å². The first kappa shape index (κ1) is 14.2.